The third-order valence-electron chi connectivity index (χ3n) is 2.38. The lowest BCUT2D eigenvalue weighted by Crippen LogP contribution is -1.95. The fourth-order valence-electron chi connectivity index (χ4n) is 1.68. The van der Waals surface area contributed by atoms with Crippen LogP contribution in [0.15, 0.2) is 36.4 Å². The summed E-state index contributed by atoms with van der Waals surface area (Å²) in [5, 5.41) is 0. The Bertz CT molecular complexity index is 394. The molecule has 0 amide bonds. The van der Waals surface area contributed by atoms with Crippen molar-refractivity contribution < 1.29 is 9.47 Å². The molecule has 2 heteroatoms. The highest BCUT2D eigenvalue weighted by molar-refractivity contribution is 5.84. The first-order valence-electron chi connectivity index (χ1n) is 4.80. The van der Waals surface area contributed by atoms with Crippen molar-refractivity contribution in [3.8, 4) is 11.5 Å². The second-order valence-electron chi connectivity index (χ2n) is 3.21. The Morgan fingerprint density at radius 3 is 2.07 bits per heavy atom. The van der Waals surface area contributed by atoms with Gasteiger partial charge in [-0.1, -0.05) is 24.3 Å². The minimum atomic E-state index is 0.834. The van der Waals surface area contributed by atoms with Crippen LogP contribution in [0.2, 0.25) is 0 Å². The number of hydrogen-bond donors (Lipinski definition) is 0. The topological polar surface area (TPSA) is 18.5 Å². The number of rotatable bonds is 3. The molecule has 0 saturated carbocycles. The Morgan fingerprint density at radius 1 is 0.933 bits per heavy atom. The summed E-state index contributed by atoms with van der Waals surface area (Å²) < 4.78 is 10.7. The standard InChI is InChI=1S/C13H13O2/c1-14-11-8-5-9-12(15-2)13(11)10-6-3-4-7-10/h3-9H,1-2H3. The summed E-state index contributed by atoms with van der Waals surface area (Å²) in [5.41, 5.74) is 2.12. The SMILES string of the molecule is COc1cccc(OC)c1C1=CC=C[CH]1. The van der Waals surface area contributed by atoms with Crippen LogP contribution in [-0.2, 0) is 0 Å². The van der Waals surface area contributed by atoms with Gasteiger partial charge in [-0.15, -0.1) is 0 Å². The van der Waals surface area contributed by atoms with Gasteiger partial charge in [0.05, 0.1) is 19.8 Å². The van der Waals surface area contributed by atoms with E-state index in [9.17, 15) is 0 Å². The van der Waals surface area contributed by atoms with E-state index in [1.54, 1.807) is 14.2 Å². The first-order chi connectivity index (χ1) is 7.36. The largest absolute Gasteiger partial charge is 0.496 e. The van der Waals surface area contributed by atoms with Gasteiger partial charge in [-0.2, -0.15) is 0 Å². The van der Waals surface area contributed by atoms with Gasteiger partial charge in [-0.05, 0) is 17.7 Å². The van der Waals surface area contributed by atoms with E-state index >= 15 is 0 Å². The molecule has 2 nitrogen and oxygen atoms in total. The van der Waals surface area contributed by atoms with Crippen molar-refractivity contribution in [1.82, 2.24) is 0 Å². The minimum Gasteiger partial charge on any atom is -0.496 e. The van der Waals surface area contributed by atoms with Gasteiger partial charge in [-0.3, -0.25) is 0 Å². The van der Waals surface area contributed by atoms with Gasteiger partial charge in [0.25, 0.3) is 0 Å². The van der Waals surface area contributed by atoms with Crippen LogP contribution in [0.25, 0.3) is 5.57 Å². The van der Waals surface area contributed by atoms with Crippen molar-refractivity contribution >= 4 is 5.57 Å². The van der Waals surface area contributed by atoms with Crippen LogP contribution in [0.4, 0.5) is 0 Å². The minimum absolute atomic E-state index is 0.834. The zero-order chi connectivity index (χ0) is 10.7. The van der Waals surface area contributed by atoms with E-state index in [1.807, 2.05) is 42.8 Å². The van der Waals surface area contributed by atoms with E-state index in [2.05, 4.69) is 0 Å². The van der Waals surface area contributed by atoms with Crippen molar-refractivity contribution in [3.05, 3.63) is 48.4 Å². The summed E-state index contributed by atoms with van der Waals surface area (Å²) in [7, 11) is 3.34. The third-order valence-corrected chi connectivity index (χ3v) is 2.38. The predicted octanol–water partition coefficient (Wildman–Crippen LogP) is 2.86. The van der Waals surface area contributed by atoms with Crippen molar-refractivity contribution in [1.29, 1.82) is 0 Å². The molecule has 0 atom stereocenters. The highest BCUT2D eigenvalue weighted by atomic mass is 16.5. The molecule has 15 heavy (non-hydrogen) atoms. The van der Waals surface area contributed by atoms with Gasteiger partial charge in [-0.25, -0.2) is 0 Å². The van der Waals surface area contributed by atoms with Crippen LogP contribution in [0, 0.1) is 6.42 Å². The summed E-state index contributed by atoms with van der Waals surface area (Å²) in [6.45, 7) is 0. The molecule has 0 N–H and O–H groups in total. The second-order valence-corrected chi connectivity index (χ2v) is 3.21. The predicted molar refractivity (Wildman–Crippen MR) is 61.0 cm³/mol. The fraction of sp³-hybridized carbons (Fsp3) is 0.154. The molecule has 0 heterocycles. The zero-order valence-electron chi connectivity index (χ0n) is 8.86. The lowest BCUT2D eigenvalue weighted by Gasteiger charge is -2.13. The van der Waals surface area contributed by atoms with Crippen molar-refractivity contribution in [2.75, 3.05) is 14.2 Å². The average molecular weight is 201 g/mol. The quantitative estimate of drug-likeness (QED) is 0.748. The first-order valence-corrected chi connectivity index (χ1v) is 4.80. The van der Waals surface area contributed by atoms with Gasteiger partial charge in [0, 0.05) is 6.42 Å². The highest BCUT2D eigenvalue weighted by Crippen LogP contribution is 2.37. The zero-order valence-corrected chi connectivity index (χ0v) is 8.86. The van der Waals surface area contributed by atoms with Gasteiger partial charge >= 0.3 is 0 Å². The summed E-state index contributed by atoms with van der Waals surface area (Å²) in [6.07, 6.45) is 8.09. The molecule has 0 unspecified atom stereocenters. The van der Waals surface area contributed by atoms with Crippen LogP contribution in [-0.4, -0.2) is 14.2 Å². The maximum atomic E-state index is 5.33. The van der Waals surface area contributed by atoms with E-state index in [1.165, 1.54) is 0 Å². The molecule has 0 aromatic heterocycles. The number of benzene rings is 1. The normalized spacial score (nSPS) is 13.9. The second kappa shape index (κ2) is 4.22. The van der Waals surface area contributed by atoms with Crippen LogP contribution in [0.3, 0.4) is 0 Å². The Balaban J connectivity index is 2.50. The summed E-state index contributed by atoms with van der Waals surface area (Å²) in [4.78, 5) is 0. The van der Waals surface area contributed by atoms with Gasteiger partial charge in [0.1, 0.15) is 11.5 Å². The molecule has 0 bridgehead atoms. The summed E-state index contributed by atoms with van der Waals surface area (Å²) in [5.74, 6) is 1.67. The van der Waals surface area contributed by atoms with E-state index in [0.717, 1.165) is 22.6 Å². The molecule has 0 aliphatic heterocycles. The van der Waals surface area contributed by atoms with E-state index in [-0.39, 0.29) is 0 Å². The molecular weight excluding hydrogens is 188 g/mol. The fourth-order valence-corrected chi connectivity index (χ4v) is 1.68. The van der Waals surface area contributed by atoms with Gasteiger partial charge in [0.15, 0.2) is 0 Å². The molecule has 1 radical (unpaired) electrons. The molecule has 0 spiro atoms. The van der Waals surface area contributed by atoms with Gasteiger partial charge < -0.3 is 9.47 Å². The Labute approximate surface area is 89.8 Å². The smallest absolute Gasteiger partial charge is 0.130 e. The van der Waals surface area contributed by atoms with Crippen LogP contribution in [0.1, 0.15) is 5.56 Å². The Kier molecular flexibility index (Phi) is 2.77. The molecule has 1 aliphatic carbocycles. The lowest BCUT2D eigenvalue weighted by atomic mass is 10.0. The highest BCUT2D eigenvalue weighted by Gasteiger charge is 2.14. The molecular formula is C13H13O2. The molecule has 1 aliphatic rings. The van der Waals surface area contributed by atoms with Crippen LogP contribution >= 0.6 is 0 Å². The molecule has 1 aromatic rings. The first kappa shape index (κ1) is 9.84. The molecule has 1 aromatic carbocycles. The molecule has 0 saturated heterocycles. The maximum Gasteiger partial charge on any atom is 0.130 e. The van der Waals surface area contributed by atoms with Crippen molar-refractivity contribution in [2.24, 2.45) is 0 Å². The molecule has 0 fully saturated rings. The maximum absolute atomic E-state index is 5.33. The number of methoxy groups -OCH3 is 2. The van der Waals surface area contributed by atoms with Crippen molar-refractivity contribution in [3.63, 3.8) is 0 Å². The molecule has 77 valence electrons. The van der Waals surface area contributed by atoms with Crippen LogP contribution < -0.4 is 9.47 Å². The van der Waals surface area contributed by atoms with E-state index in [0.29, 0.717) is 0 Å². The monoisotopic (exact) mass is 201 g/mol. The van der Waals surface area contributed by atoms with E-state index in [4.69, 9.17) is 9.47 Å². The number of allylic oxidation sites excluding steroid dienone is 4. The van der Waals surface area contributed by atoms with Crippen molar-refractivity contribution in [2.45, 2.75) is 0 Å². The summed E-state index contributed by atoms with van der Waals surface area (Å²) >= 11 is 0. The number of ether oxygens (including phenoxy) is 2. The average Bonchev–Trinajstić information content (AvgIpc) is 2.81. The molecule has 2 rings (SSSR count). The lowest BCUT2D eigenvalue weighted by molar-refractivity contribution is 0.392. The Morgan fingerprint density at radius 2 is 1.60 bits per heavy atom. The van der Waals surface area contributed by atoms with Gasteiger partial charge in [0.2, 0.25) is 0 Å². The Hall–Kier alpha value is -1.70. The number of hydrogen-bond acceptors (Lipinski definition) is 2. The third kappa shape index (κ3) is 1.75. The van der Waals surface area contributed by atoms with Crippen LogP contribution in [0.5, 0.6) is 11.5 Å². The summed E-state index contributed by atoms with van der Waals surface area (Å²) in [6, 6.07) is 5.79. The van der Waals surface area contributed by atoms with E-state index < -0.39 is 0 Å².